The summed E-state index contributed by atoms with van der Waals surface area (Å²) in [5.41, 5.74) is -6.03. The van der Waals surface area contributed by atoms with Crippen molar-refractivity contribution in [2.45, 2.75) is 128 Å². The molecule has 3 N–H and O–H groups in total. The van der Waals surface area contributed by atoms with Gasteiger partial charge in [0, 0.05) is 35.4 Å². The van der Waals surface area contributed by atoms with Crippen LogP contribution >= 0.6 is 15.9 Å². The van der Waals surface area contributed by atoms with Gasteiger partial charge < -0.3 is 43.7 Å². The van der Waals surface area contributed by atoms with E-state index in [1.165, 1.54) is 25.1 Å². The van der Waals surface area contributed by atoms with Crippen LogP contribution in [0.1, 0.15) is 96.5 Å². The van der Waals surface area contributed by atoms with Crippen LogP contribution in [0.15, 0.2) is 83.4 Å². The number of fused-ring (bicyclic) bond motifs is 2. The molecule has 15 nitrogen and oxygen atoms in total. The molecule has 4 unspecified atom stereocenters. The third kappa shape index (κ3) is 11.9. The summed E-state index contributed by atoms with van der Waals surface area (Å²) in [6.07, 6.45) is -4.22. The van der Waals surface area contributed by atoms with Crippen molar-refractivity contribution in [2.75, 3.05) is 13.2 Å². The summed E-state index contributed by atoms with van der Waals surface area (Å²) in [6.45, 7) is 15.5. The van der Waals surface area contributed by atoms with Crippen LogP contribution in [0.4, 0.5) is 0 Å². The minimum absolute atomic E-state index is 0.0109. The Kier molecular flexibility index (Phi) is 18.2. The largest absolute Gasteiger partial charge is 0.479 e. The number of ether oxygens (including phenoxy) is 6. The van der Waals surface area contributed by atoms with Crippen molar-refractivity contribution in [3.63, 3.8) is 0 Å². The van der Waals surface area contributed by atoms with Crippen LogP contribution in [-0.4, -0.2) is 106 Å². The van der Waals surface area contributed by atoms with E-state index in [4.69, 9.17) is 28.4 Å². The lowest BCUT2D eigenvalue weighted by atomic mass is 9.74. The molecule has 16 heteroatoms. The molecule has 64 heavy (non-hydrogen) atoms. The number of esters is 4. The van der Waals surface area contributed by atoms with Crippen molar-refractivity contribution in [3.05, 3.63) is 94.5 Å². The van der Waals surface area contributed by atoms with Gasteiger partial charge in [-0.3, -0.25) is 9.59 Å². The molecule has 2 fully saturated rings. The van der Waals surface area contributed by atoms with Gasteiger partial charge in [-0.25, -0.2) is 19.2 Å². The molecule has 0 aliphatic carbocycles. The van der Waals surface area contributed by atoms with E-state index in [1.807, 2.05) is 71.9 Å². The number of hydrogen-bond acceptors (Lipinski definition) is 14. The van der Waals surface area contributed by atoms with Gasteiger partial charge in [0.1, 0.15) is 12.2 Å². The molecule has 2 aromatic carbocycles. The van der Waals surface area contributed by atoms with Crippen molar-refractivity contribution in [1.29, 1.82) is 0 Å². The number of benzene rings is 2. The van der Waals surface area contributed by atoms with Crippen LogP contribution in [0, 0.1) is 23.7 Å². The standard InChI is InChI=1S/C48H61BrO15/c1-9-29(4)25-30(5)15-20-38(52)62-41-40(53)46(23-21-31(6)39(61-33(8)50)32(7)26-34-13-11-10-12-14-34)63-42(43(54)59-24-22-28(2)3)47(58,48(41,64-46)44(55)56)45(57)60-27-37(51)35-16-18-36(49)19-17-35/h10-20,28-30,32,39-42,53,58H,6,9,21-27H2,1-5,7-8H3,(H,55,56)/b20-15+/t29-,30+,32+,39+,40+,41+,42?,46?,47?,48?/m0/s1. The highest BCUT2D eigenvalue weighted by molar-refractivity contribution is 9.10. The number of carboxylic acid groups (broad SMARTS) is 1. The topological polar surface area (TPSA) is 218 Å². The van der Waals surface area contributed by atoms with Crippen LogP contribution in [0.5, 0.6) is 0 Å². The SMILES string of the molecule is C=C(CCC12OC(C(=O)OCCC(C)C)C(O)(C(=O)OCC(=O)c3ccc(Br)cc3)C(C(=O)O)(O1)[C@H](OC(=O)/C=C/[C@@H](C)C[C@@H](C)CC)[C@H]2O)[C@@H](OC(C)=O)[C@H](C)Cc1ccccc1. The molecular formula is C48H61BrO15. The summed E-state index contributed by atoms with van der Waals surface area (Å²) >= 11 is 3.27. The maximum absolute atomic E-state index is 14.4. The minimum atomic E-state index is -3.78. The van der Waals surface area contributed by atoms with Gasteiger partial charge in [0.15, 0.2) is 18.5 Å². The number of carboxylic acids is 1. The minimum Gasteiger partial charge on any atom is -0.479 e. The Bertz CT molecular complexity index is 2020. The van der Waals surface area contributed by atoms with E-state index in [-0.39, 0.29) is 41.9 Å². The maximum Gasteiger partial charge on any atom is 0.345 e. The van der Waals surface area contributed by atoms with Crippen LogP contribution in [0.3, 0.4) is 0 Å². The van der Waals surface area contributed by atoms with Crippen molar-refractivity contribution in [1.82, 2.24) is 0 Å². The van der Waals surface area contributed by atoms with Gasteiger partial charge in [-0.15, -0.1) is 0 Å². The normalized spacial score (nSPS) is 25.8. The quantitative estimate of drug-likeness (QED) is 0.0356. The summed E-state index contributed by atoms with van der Waals surface area (Å²) in [6, 6.07) is 15.3. The third-order valence-electron chi connectivity index (χ3n) is 11.7. The summed E-state index contributed by atoms with van der Waals surface area (Å²) in [4.78, 5) is 81.7. The van der Waals surface area contributed by atoms with Crippen molar-refractivity contribution in [3.8, 4) is 0 Å². The fraction of sp³-hybridized carbons (Fsp3) is 0.542. The first-order valence-electron chi connectivity index (χ1n) is 21.5. The Hall–Kier alpha value is -4.74. The molecule has 2 aromatic rings. The number of Topliss-reactive ketones (excluding diaryl/α,β-unsaturated/α-hetero) is 1. The first-order chi connectivity index (χ1) is 30.1. The van der Waals surface area contributed by atoms with Gasteiger partial charge in [0.05, 0.1) is 6.61 Å². The molecule has 0 saturated carbocycles. The Morgan fingerprint density at radius 2 is 1.62 bits per heavy atom. The molecule has 0 aromatic heterocycles. The molecule has 2 aliphatic heterocycles. The fourth-order valence-corrected chi connectivity index (χ4v) is 8.26. The lowest BCUT2D eigenvalue weighted by Gasteiger charge is -2.49. The number of aliphatic hydroxyl groups excluding tert-OH is 1. The summed E-state index contributed by atoms with van der Waals surface area (Å²) in [7, 11) is 0. The molecule has 4 rings (SSSR count). The first-order valence-corrected chi connectivity index (χ1v) is 22.3. The zero-order valence-corrected chi connectivity index (χ0v) is 39.0. The molecule has 2 bridgehead atoms. The molecule has 2 heterocycles. The molecule has 350 valence electrons. The van der Waals surface area contributed by atoms with E-state index in [9.17, 15) is 44.1 Å². The second-order valence-electron chi connectivity index (χ2n) is 17.3. The first kappa shape index (κ1) is 51.9. The average molecular weight is 958 g/mol. The van der Waals surface area contributed by atoms with E-state index in [0.717, 1.165) is 18.1 Å². The predicted octanol–water partition coefficient (Wildman–Crippen LogP) is 6.49. The van der Waals surface area contributed by atoms with Gasteiger partial charge in [0.25, 0.3) is 0 Å². The molecule has 2 saturated heterocycles. The highest BCUT2D eigenvalue weighted by Gasteiger charge is 2.86. The van der Waals surface area contributed by atoms with Gasteiger partial charge in [-0.1, -0.05) is 119 Å². The van der Waals surface area contributed by atoms with Gasteiger partial charge >= 0.3 is 29.8 Å². The number of allylic oxidation sites excluding steroid dienone is 1. The van der Waals surface area contributed by atoms with Crippen molar-refractivity contribution in [2.24, 2.45) is 23.7 Å². The lowest BCUT2D eigenvalue weighted by Crippen LogP contribution is -2.78. The van der Waals surface area contributed by atoms with Crippen LogP contribution in [0.25, 0.3) is 0 Å². The van der Waals surface area contributed by atoms with E-state index in [2.05, 4.69) is 22.5 Å². The summed E-state index contributed by atoms with van der Waals surface area (Å²) in [5, 5.41) is 36.2. The van der Waals surface area contributed by atoms with Crippen LogP contribution < -0.4 is 0 Å². The Balaban J connectivity index is 1.82. The molecule has 0 spiro atoms. The van der Waals surface area contributed by atoms with Gasteiger partial charge in [-0.2, -0.15) is 0 Å². The van der Waals surface area contributed by atoms with Gasteiger partial charge in [-0.05, 0) is 66.7 Å². The number of halogens is 1. The zero-order valence-electron chi connectivity index (χ0n) is 37.5. The zero-order chi connectivity index (χ0) is 47.6. The second kappa shape index (κ2) is 22.4. The highest BCUT2D eigenvalue weighted by Crippen LogP contribution is 2.56. The smallest absolute Gasteiger partial charge is 0.345 e. The molecule has 2 aliphatic rings. The molecule has 0 radical (unpaired) electrons. The monoisotopic (exact) mass is 956 g/mol. The molecule has 0 amide bonds. The van der Waals surface area contributed by atoms with E-state index in [0.29, 0.717) is 29.7 Å². The van der Waals surface area contributed by atoms with Crippen molar-refractivity contribution < 1.29 is 72.5 Å². The van der Waals surface area contributed by atoms with Crippen molar-refractivity contribution >= 4 is 51.6 Å². The van der Waals surface area contributed by atoms with Crippen LogP contribution in [0.2, 0.25) is 0 Å². The number of ketones is 1. The van der Waals surface area contributed by atoms with Gasteiger partial charge in [0.2, 0.25) is 23.1 Å². The van der Waals surface area contributed by atoms with E-state index < -0.39 is 90.1 Å². The second-order valence-corrected chi connectivity index (χ2v) is 18.2. The average Bonchev–Trinajstić information content (AvgIpc) is 3.46. The number of rotatable bonds is 23. The number of aliphatic carboxylic acids is 1. The number of hydrogen-bond donors (Lipinski definition) is 3. The maximum atomic E-state index is 14.4. The number of carbonyl (C=O) groups excluding carboxylic acids is 5. The predicted molar refractivity (Wildman–Crippen MR) is 235 cm³/mol. The third-order valence-corrected chi connectivity index (χ3v) is 12.2. The Morgan fingerprint density at radius 3 is 2.22 bits per heavy atom. The Labute approximate surface area is 382 Å². The summed E-state index contributed by atoms with van der Waals surface area (Å²) < 4.78 is 35.0. The highest BCUT2D eigenvalue weighted by atomic mass is 79.9. The summed E-state index contributed by atoms with van der Waals surface area (Å²) in [5.74, 6) is -10.9. The van der Waals surface area contributed by atoms with E-state index in [1.54, 1.807) is 12.1 Å². The van der Waals surface area contributed by atoms with Crippen LogP contribution in [-0.2, 0) is 58.8 Å². The fourth-order valence-electron chi connectivity index (χ4n) is 7.99. The molecule has 10 atom stereocenters. The van der Waals surface area contributed by atoms with E-state index >= 15 is 0 Å². The lowest BCUT2D eigenvalue weighted by molar-refractivity contribution is -0.375. The Morgan fingerprint density at radius 1 is 0.969 bits per heavy atom. The molecular weight excluding hydrogens is 896 g/mol. The number of carbonyl (C=O) groups is 6. The number of aliphatic hydroxyl groups is 2.